The van der Waals surface area contributed by atoms with Gasteiger partial charge in [0.25, 0.3) is 0 Å². The second kappa shape index (κ2) is 9.13. The number of rotatable bonds is 7. The van der Waals surface area contributed by atoms with E-state index in [0.717, 1.165) is 16.7 Å². The lowest BCUT2D eigenvalue weighted by Gasteiger charge is -2.08. The zero-order chi connectivity index (χ0) is 19.1. The fourth-order valence-corrected chi connectivity index (χ4v) is 2.84. The Balaban J connectivity index is 1.63. The standard InChI is InChI=1S/C24H22F2O/c1-2-27-24-15-14-20(17-23(24)26)13-10-18-8-11-19(12-9-18)16-22(25)21-6-4-3-5-7-21/h3-15,17,22H,2,16H2,1H3/t22-/m0/s1. The number of benzene rings is 3. The summed E-state index contributed by atoms with van der Waals surface area (Å²) in [7, 11) is 0. The Hall–Kier alpha value is -2.94. The monoisotopic (exact) mass is 364 g/mol. The van der Waals surface area contributed by atoms with Crippen LogP contribution in [0.2, 0.25) is 0 Å². The van der Waals surface area contributed by atoms with Gasteiger partial charge >= 0.3 is 0 Å². The van der Waals surface area contributed by atoms with Crippen molar-refractivity contribution in [3.05, 3.63) is 101 Å². The quantitative estimate of drug-likeness (QED) is 0.427. The third-order valence-corrected chi connectivity index (χ3v) is 4.28. The average Bonchev–Trinajstić information content (AvgIpc) is 2.70. The fourth-order valence-electron chi connectivity index (χ4n) is 2.84. The fraction of sp³-hybridized carbons (Fsp3) is 0.167. The van der Waals surface area contributed by atoms with Crippen LogP contribution in [0, 0.1) is 5.82 Å². The highest BCUT2D eigenvalue weighted by molar-refractivity contribution is 5.70. The van der Waals surface area contributed by atoms with Crippen LogP contribution in [0.5, 0.6) is 5.75 Å². The first-order valence-electron chi connectivity index (χ1n) is 9.04. The third kappa shape index (κ3) is 5.27. The molecule has 27 heavy (non-hydrogen) atoms. The van der Waals surface area contributed by atoms with Crippen LogP contribution in [0.3, 0.4) is 0 Å². The van der Waals surface area contributed by atoms with Gasteiger partial charge in [0.15, 0.2) is 11.6 Å². The molecular weight excluding hydrogens is 342 g/mol. The van der Waals surface area contributed by atoms with Gasteiger partial charge < -0.3 is 4.74 Å². The predicted molar refractivity (Wildman–Crippen MR) is 107 cm³/mol. The smallest absolute Gasteiger partial charge is 0.165 e. The summed E-state index contributed by atoms with van der Waals surface area (Å²) in [5, 5.41) is 0. The second-order valence-electron chi connectivity index (χ2n) is 6.28. The molecule has 0 fully saturated rings. The van der Waals surface area contributed by atoms with Gasteiger partial charge in [0.05, 0.1) is 6.61 Å². The van der Waals surface area contributed by atoms with Crippen LogP contribution in [-0.4, -0.2) is 6.61 Å². The van der Waals surface area contributed by atoms with Crippen molar-refractivity contribution in [3.8, 4) is 5.75 Å². The van der Waals surface area contributed by atoms with Crippen molar-refractivity contribution in [2.75, 3.05) is 6.61 Å². The Kier molecular flexibility index (Phi) is 6.37. The number of ether oxygens (including phenoxy) is 1. The van der Waals surface area contributed by atoms with Gasteiger partial charge in [-0.2, -0.15) is 0 Å². The van der Waals surface area contributed by atoms with Gasteiger partial charge in [0.2, 0.25) is 0 Å². The van der Waals surface area contributed by atoms with Gasteiger partial charge in [-0.15, -0.1) is 0 Å². The van der Waals surface area contributed by atoms with Crippen LogP contribution in [0.25, 0.3) is 12.2 Å². The summed E-state index contributed by atoms with van der Waals surface area (Å²) in [5.41, 5.74) is 3.37. The van der Waals surface area contributed by atoms with E-state index >= 15 is 0 Å². The average molecular weight is 364 g/mol. The molecular formula is C24H22F2O. The molecule has 0 radical (unpaired) electrons. The van der Waals surface area contributed by atoms with Crippen molar-refractivity contribution in [1.82, 2.24) is 0 Å². The molecule has 138 valence electrons. The van der Waals surface area contributed by atoms with E-state index in [1.54, 1.807) is 18.2 Å². The molecule has 0 spiro atoms. The van der Waals surface area contributed by atoms with E-state index in [1.165, 1.54) is 6.07 Å². The van der Waals surface area contributed by atoms with Crippen LogP contribution in [-0.2, 0) is 6.42 Å². The Morgan fingerprint density at radius 3 is 2.22 bits per heavy atom. The first kappa shape index (κ1) is 18.8. The van der Waals surface area contributed by atoms with E-state index in [4.69, 9.17) is 4.74 Å². The molecule has 0 aromatic heterocycles. The van der Waals surface area contributed by atoms with Crippen molar-refractivity contribution in [2.45, 2.75) is 19.5 Å². The molecule has 0 bridgehead atoms. The summed E-state index contributed by atoms with van der Waals surface area (Å²) >= 11 is 0. The van der Waals surface area contributed by atoms with E-state index in [9.17, 15) is 8.78 Å². The molecule has 0 aliphatic rings. The van der Waals surface area contributed by atoms with Crippen molar-refractivity contribution in [1.29, 1.82) is 0 Å². The van der Waals surface area contributed by atoms with Crippen LogP contribution in [0.1, 0.15) is 35.3 Å². The molecule has 1 atom stereocenters. The minimum atomic E-state index is -1.01. The first-order valence-corrected chi connectivity index (χ1v) is 9.04. The molecule has 3 aromatic carbocycles. The van der Waals surface area contributed by atoms with Gasteiger partial charge in [-0.05, 0) is 41.3 Å². The largest absolute Gasteiger partial charge is 0.491 e. The summed E-state index contributed by atoms with van der Waals surface area (Å²) in [4.78, 5) is 0. The maximum Gasteiger partial charge on any atom is 0.165 e. The maximum absolute atomic E-state index is 14.4. The maximum atomic E-state index is 14.4. The summed E-state index contributed by atoms with van der Waals surface area (Å²) in [6, 6.07) is 21.8. The highest BCUT2D eigenvalue weighted by atomic mass is 19.1. The molecule has 0 saturated heterocycles. The second-order valence-corrected chi connectivity index (χ2v) is 6.28. The lowest BCUT2D eigenvalue weighted by Crippen LogP contribution is -1.96. The molecule has 3 aromatic rings. The summed E-state index contributed by atoms with van der Waals surface area (Å²) in [5.74, 6) is -0.109. The van der Waals surface area contributed by atoms with Crippen LogP contribution in [0.15, 0.2) is 72.8 Å². The van der Waals surface area contributed by atoms with Crippen LogP contribution in [0.4, 0.5) is 8.78 Å². The lowest BCUT2D eigenvalue weighted by atomic mass is 10.0. The molecule has 0 aliphatic carbocycles. The van der Waals surface area contributed by atoms with E-state index < -0.39 is 6.17 Å². The number of hydrogen-bond acceptors (Lipinski definition) is 1. The third-order valence-electron chi connectivity index (χ3n) is 4.28. The molecule has 0 amide bonds. The van der Waals surface area contributed by atoms with Crippen molar-refractivity contribution >= 4 is 12.2 Å². The summed E-state index contributed by atoms with van der Waals surface area (Å²) in [6.45, 7) is 2.25. The zero-order valence-corrected chi connectivity index (χ0v) is 15.2. The SMILES string of the molecule is CCOc1ccc(C=Cc2ccc(C[C@H](F)c3ccccc3)cc2)cc1F. The Bertz CT molecular complexity index is 886. The number of hydrogen-bond donors (Lipinski definition) is 0. The van der Waals surface area contributed by atoms with Gasteiger partial charge in [0.1, 0.15) is 6.17 Å². The molecule has 0 aliphatic heterocycles. The number of alkyl halides is 1. The Morgan fingerprint density at radius 1 is 0.889 bits per heavy atom. The Morgan fingerprint density at radius 2 is 1.56 bits per heavy atom. The van der Waals surface area contributed by atoms with Crippen molar-refractivity contribution in [3.63, 3.8) is 0 Å². The lowest BCUT2D eigenvalue weighted by molar-refractivity contribution is 0.321. The zero-order valence-electron chi connectivity index (χ0n) is 15.2. The highest BCUT2D eigenvalue weighted by Gasteiger charge is 2.09. The summed E-state index contributed by atoms with van der Waals surface area (Å²) in [6.07, 6.45) is 3.08. The molecule has 0 saturated carbocycles. The highest BCUT2D eigenvalue weighted by Crippen LogP contribution is 2.23. The minimum Gasteiger partial charge on any atom is -0.491 e. The van der Waals surface area contributed by atoms with Crippen LogP contribution < -0.4 is 4.74 Å². The number of halogens is 2. The van der Waals surface area contributed by atoms with Crippen molar-refractivity contribution in [2.24, 2.45) is 0 Å². The van der Waals surface area contributed by atoms with E-state index in [0.29, 0.717) is 18.6 Å². The van der Waals surface area contributed by atoms with Gasteiger partial charge in [0, 0.05) is 6.42 Å². The van der Waals surface area contributed by atoms with Crippen LogP contribution >= 0.6 is 0 Å². The first-order chi connectivity index (χ1) is 13.2. The molecule has 3 heteroatoms. The molecule has 0 heterocycles. The molecule has 3 rings (SSSR count). The Labute approximate surface area is 158 Å². The summed E-state index contributed by atoms with van der Waals surface area (Å²) < 4.78 is 33.4. The normalized spacial score (nSPS) is 12.3. The van der Waals surface area contributed by atoms with E-state index in [-0.39, 0.29) is 11.6 Å². The molecule has 1 nitrogen and oxygen atoms in total. The van der Waals surface area contributed by atoms with E-state index in [2.05, 4.69) is 0 Å². The van der Waals surface area contributed by atoms with Gasteiger partial charge in [-0.1, -0.05) is 72.8 Å². The molecule has 0 N–H and O–H groups in total. The minimum absolute atomic E-state index is 0.262. The van der Waals surface area contributed by atoms with Gasteiger partial charge in [-0.3, -0.25) is 0 Å². The predicted octanol–water partition coefficient (Wildman–Crippen LogP) is 6.65. The van der Waals surface area contributed by atoms with Gasteiger partial charge in [-0.25, -0.2) is 8.78 Å². The van der Waals surface area contributed by atoms with E-state index in [1.807, 2.05) is 67.6 Å². The molecule has 0 unspecified atom stereocenters. The van der Waals surface area contributed by atoms with Crippen molar-refractivity contribution < 1.29 is 13.5 Å². The topological polar surface area (TPSA) is 9.23 Å².